The highest BCUT2D eigenvalue weighted by atomic mass is 16.4. The zero-order chi connectivity index (χ0) is 14.4. The molecule has 1 aromatic carbocycles. The molecule has 2 aliphatic rings. The number of carboxylic acids is 1. The Morgan fingerprint density at radius 3 is 3.05 bits per heavy atom. The van der Waals surface area contributed by atoms with Crippen LogP contribution in [0.4, 0.5) is 0 Å². The molecule has 0 atom stereocenters. The van der Waals surface area contributed by atoms with Crippen LogP contribution in [-0.4, -0.2) is 22.6 Å². The number of carboxylic acid groups (broad SMARTS) is 1. The number of hydrogen-bond acceptors (Lipinski definition) is 2. The van der Waals surface area contributed by atoms with Crippen molar-refractivity contribution in [3.63, 3.8) is 0 Å². The predicted molar refractivity (Wildman–Crippen MR) is 82.6 cm³/mol. The van der Waals surface area contributed by atoms with Crippen LogP contribution in [0.3, 0.4) is 0 Å². The quantitative estimate of drug-likeness (QED) is 0.751. The fourth-order valence-corrected chi connectivity index (χ4v) is 2.98. The fraction of sp³-hybridized carbons (Fsp3) is 0.118. The summed E-state index contributed by atoms with van der Waals surface area (Å²) in [6.45, 7) is 0.360. The van der Waals surface area contributed by atoms with Crippen molar-refractivity contribution in [3.8, 4) is 0 Å². The van der Waals surface area contributed by atoms with Crippen LogP contribution in [0.2, 0.25) is 0 Å². The molecule has 0 fully saturated rings. The number of aromatic nitrogens is 1. The number of dihydropyridines is 1. The maximum atomic E-state index is 11.1. The molecule has 2 aromatic rings. The van der Waals surface area contributed by atoms with Gasteiger partial charge in [-0.1, -0.05) is 12.2 Å². The molecule has 4 rings (SSSR count). The van der Waals surface area contributed by atoms with Crippen LogP contribution in [0.5, 0.6) is 0 Å². The molecule has 0 spiro atoms. The van der Waals surface area contributed by atoms with Gasteiger partial charge in [0, 0.05) is 34.9 Å². The predicted octanol–water partition coefficient (Wildman–Crippen LogP) is 2.91. The van der Waals surface area contributed by atoms with Crippen molar-refractivity contribution in [2.75, 3.05) is 6.54 Å². The molecular weight excluding hydrogens is 264 g/mol. The molecule has 1 aliphatic heterocycles. The van der Waals surface area contributed by atoms with Crippen molar-refractivity contribution >= 4 is 28.6 Å². The molecule has 0 saturated carbocycles. The first kappa shape index (κ1) is 12.0. The van der Waals surface area contributed by atoms with E-state index in [1.165, 1.54) is 0 Å². The fourth-order valence-electron chi connectivity index (χ4n) is 2.98. The maximum absolute atomic E-state index is 11.1. The summed E-state index contributed by atoms with van der Waals surface area (Å²) in [6.07, 6.45) is 8.65. The minimum Gasteiger partial charge on any atom is -0.478 e. The number of allylic oxidation sites excluding steroid dienone is 3. The van der Waals surface area contributed by atoms with E-state index in [-0.39, 0.29) is 0 Å². The zero-order valence-electron chi connectivity index (χ0n) is 11.3. The summed E-state index contributed by atoms with van der Waals surface area (Å²) < 4.78 is 0. The van der Waals surface area contributed by atoms with Crippen LogP contribution in [0, 0.1) is 0 Å². The average Bonchev–Trinajstić information content (AvgIpc) is 2.85. The van der Waals surface area contributed by atoms with Crippen LogP contribution in [0.15, 0.2) is 47.7 Å². The number of aromatic amines is 1. The van der Waals surface area contributed by atoms with E-state index in [0.717, 1.165) is 39.7 Å². The van der Waals surface area contributed by atoms with Crippen LogP contribution < -0.4 is 5.32 Å². The Morgan fingerprint density at radius 1 is 1.29 bits per heavy atom. The summed E-state index contributed by atoms with van der Waals surface area (Å²) in [5.41, 5.74) is 5.88. The first-order chi connectivity index (χ1) is 10.2. The highest BCUT2D eigenvalue weighted by Crippen LogP contribution is 2.33. The van der Waals surface area contributed by atoms with Gasteiger partial charge in [0.05, 0.1) is 5.57 Å². The summed E-state index contributed by atoms with van der Waals surface area (Å²) in [5, 5.41) is 13.6. The third-order valence-corrected chi connectivity index (χ3v) is 4.03. The summed E-state index contributed by atoms with van der Waals surface area (Å²) in [5.74, 6) is -0.858. The molecule has 0 bridgehead atoms. The topological polar surface area (TPSA) is 65.1 Å². The number of nitrogens with one attached hydrogen (secondary N) is 2. The van der Waals surface area contributed by atoms with Crippen molar-refractivity contribution in [3.05, 3.63) is 58.8 Å². The second-order valence-corrected chi connectivity index (χ2v) is 5.34. The Hall–Kier alpha value is -2.75. The first-order valence-electron chi connectivity index (χ1n) is 6.91. The molecule has 1 aliphatic carbocycles. The van der Waals surface area contributed by atoms with E-state index in [1.54, 1.807) is 6.08 Å². The number of H-pyrrole nitrogens is 1. The number of aliphatic carboxylic acids is 1. The van der Waals surface area contributed by atoms with Crippen molar-refractivity contribution in [1.82, 2.24) is 10.3 Å². The zero-order valence-corrected chi connectivity index (χ0v) is 11.3. The van der Waals surface area contributed by atoms with Gasteiger partial charge in [0.25, 0.3) is 0 Å². The number of benzene rings is 1. The van der Waals surface area contributed by atoms with Crippen LogP contribution >= 0.6 is 0 Å². The molecule has 3 N–H and O–H groups in total. The molecule has 0 unspecified atom stereocenters. The maximum Gasteiger partial charge on any atom is 0.333 e. The molecule has 0 radical (unpaired) electrons. The van der Waals surface area contributed by atoms with E-state index in [2.05, 4.69) is 34.6 Å². The summed E-state index contributed by atoms with van der Waals surface area (Å²) in [4.78, 5) is 14.4. The van der Waals surface area contributed by atoms with Crippen molar-refractivity contribution in [2.45, 2.75) is 6.42 Å². The van der Waals surface area contributed by atoms with Gasteiger partial charge in [0.1, 0.15) is 0 Å². The molecule has 0 amide bonds. The number of hydrogen-bond donors (Lipinski definition) is 3. The SMILES string of the molecule is O=C(O)C1=CC2=C(NC1)c1cc3cc[nH]c3cc1C=CC2. The Labute approximate surface area is 121 Å². The van der Waals surface area contributed by atoms with Crippen LogP contribution in [0.1, 0.15) is 17.5 Å². The van der Waals surface area contributed by atoms with E-state index in [9.17, 15) is 4.79 Å². The van der Waals surface area contributed by atoms with E-state index in [1.807, 2.05) is 12.3 Å². The molecule has 21 heavy (non-hydrogen) atoms. The molecule has 104 valence electrons. The highest BCUT2D eigenvalue weighted by Gasteiger charge is 2.21. The molecular formula is C17H14N2O2. The summed E-state index contributed by atoms with van der Waals surface area (Å²) in [6, 6.07) is 6.33. The summed E-state index contributed by atoms with van der Waals surface area (Å²) in [7, 11) is 0. The molecule has 2 heterocycles. The Morgan fingerprint density at radius 2 is 2.19 bits per heavy atom. The van der Waals surface area contributed by atoms with Gasteiger partial charge in [0.15, 0.2) is 0 Å². The van der Waals surface area contributed by atoms with Crippen molar-refractivity contribution in [1.29, 1.82) is 0 Å². The minimum atomic E-state index is -0.858. The van der Waals surface area contributed by atoms with Gasteiger partial charge in [-0.25, -0.2) is 4.79 Å². The Balaban J connectivity index is 1.94. The Kier molecular flexibility index (Phi) is 2.51. The lowest BCUT2D eigenvalue weighted by molar-refractivity contribution is -0.132. The van der Waals surface area contributed by atoms with Gasteiger partial charge in [-0.05, 0) is 41.8 Å². The normalized spacial score (nSPS) is 16.9. The number of fused-ring (bicyclic) bond motifs is 3. The van der Waals surface area contributed by atoms with Crippen LogP contribution in [-0.2, 0) is 4.79 Å². The van der Waals surface area contributed by atoms with Gasteiger partial charge in [-0.15, -0.1) is 0 Å². The number of carbonyl (C=O) groups is 1. The van der Waals surface area contributed by atoms with Gasteiger partial charge in [-0.2, -0.15) is 0 Å². The van der Waals surface area contributed by atoms with Crippen molar-refractivity contribution in [2.24, 2.45) is 0 Å². The Bertz CT molecular complexity index is 853. The molecule has 0 saturated heterocycles. The van der Waals surface area contributed by atoms with E-state index >= 15 is 0 Å². The number of rotatable bonds is 1. The third-order valence-electron chi connectivity index (χ3n) is 4.03. The van der Waals surface area contributed by atoms with Crippen LogP contribution in [0.25, 0.3) is 22.7 Å². The van der Waals surface area contributed by atoms with Gasteiger partial charge >= 0.3 is 5.97 Å². The second kappa shape index (κ2) is 4.38. The lowest BCUT2D eigenvalue weighted by atomic mass is 9.96. The van der Waals surface area contributed by atoms with Gasteiger partial charge in [-0.3, -0.25) is 0 Å². The van der Waals surface area contributed by atoms with Gasteiger partial charge < -0.3 is 15.4 Å². The molecule has 1 aromatic heterocycles. The largest absolute Gasteiger partial charge is 0.478 e. The highest BCUT2D eigenvalue weighted by molar-refractivity contribution is 5.94. The van der Waals surface area contributed by atoms with Gasteiger partial charge in [0.2, 0.25) is 0 Å². The smallest absolute Gasteiger partial charge is 0.333 e. The van der Waals surface area contributed by atoms with E-state index < -0.39 is 5.97 Å². The standard InChI is InChI=1S/C17H14N2O2/c20-17(21)13-6-12-3-1-2-10-8-15-11(4-5-18-15)7-14(10)16(12)19-9-13/h1-2,4-8,18-19H,3,9H2,(H,20,21). The van der Waals surface area contributed by atoms with Crippen molar-refractivity contribution < 1.29 is 9.90 Å². The lowest BCUT2D eigenvalue weighted by Gasteiger charge is -2.21. The first-order valence-corrected chi connectivity index (χ1v) is 6.91. The second-order valence-electron chi connectivity index (χ2n) is 5.34. The molecule has 4 heteroatoms. The van der Waals surface area contributed by atoms with E-state index in [0.29, 0.717) is 12.1 Å². The monoisotopic (exact) mass is 278 g/mol. The summed E-state index contributed by atoms with van der Waals surface area (Å²) >= 11 is 0. The third kappa shape index (κ3) is 1.88. The van der Waals surface area contributed by atoms with E-state index in [4.69, 9.17) is 5.11 Å². The minimum absolute atomic E-state index is 0.360. The lowest BCUT2D eigenvalue weighted by Crippen LogP contribution is -2.24. The molecule has 4 nitrogen and oxygen atoms in total. The average molecular weight is 278 g/mol.